The average molecular weight is 282 g/mol. The highest BCUT2D eigenvalue weighted by molar-refractivity contribution is 6.31. The Kier molecular flexibility index (Phi) is 5.03. The van der Waals surface area contributed by atoms with Crippen LogP contribution < -0.4 is 4.90 Å². The van der Waals surface area contributed by atoms with Crippen LogP contribution in [0.4, 0.5) is 5.82 Å². The van der Waals surface area contributed by atoms with Crippen molar-refractivity contribution >= 4 is 17.4 Å². The summed E-state index contributed by atoms with van der Waals surface area (Å²) in [6, 6.07) is 0. The third kappa shape index (κ3) is 3.59. The van der Waals surface area contributed by atoms with E-state index in [0.29, 0.717) is 5.15 Å². The van der Waals surface area contributed by atoms with Crippen LogP contribution in [0.1, 0.15) is 50.4 Å². The summed E-state index contributed by atoms with van der Waals surface area (Å²) in [6.07, 6.45) is 6.45. The zero-order chi connectivity index (χ0) is 13.8. The molecule has 1 fully saturated rings. The second kappa shape index (κ2) is 6.56. The molecule has 1 atom stereocenters. The van der Waals surface area contributed by atoms with Crippen molar-refractivity contribution in [3.8, 4) is 0 Å². The molecule has 1 aliphatic heterocycles. The van der Waals surface area contributed by atoms with Gasteiger partial charge in [0.1, 0.15) is 0 Å². The molecule has 0 aliphatic carbocycles. The molecule has 2 heterocycles. The lowest BCUT2D eigenvalue weighted by molar-refractivity contribution is 0.435. The number of rotatable bonds is 3. The smallest absolute Gasteiger partial charge is 0.171 e. The Hall–Kier alpha value is -0.830. The maximum Gasteiger partial charge on any atom is 0.171 e. The van der Waals surface area contributed by atoms with Crippen LogP contribution in [0.25, 0.3) is 0 Å². The standard InChI is InChI=1S/C15H24ClN3/c1-4-6-13-7-5-9-19(10-8-13)15-14(16)17-11(2)12(3)18-15/h13H,4-10H2,1-3H3. The first-order valence-corrected chi connectivity index (χ1v) is 7.75. The van der Waals surface area contributed by atoms with Crippen LogP contribution >= 0.6 is 11.6 Å². The Labute approximate surface area is 121 Å². The Morgan fingerprint density at radius 3 is 2.63 bits per heavy atom. The molecule has 3 nitrogen and oxygen atoms in total. The van der Waals surface area contributed by atoms with Gasteiger partial charge in [-0.3, -0.25) is 0 Å². The zero-order valence-electron chi connectivity index (χ0n) is 12.2. The summed E-state index contributed by atoms with van der Waals surface area (Å²) in [6.45, 7) is 8.34. The summed E-state index contributed by atoms with van der Waals surface area (Å²) in [5.41, 5.74) is 1.90. The minimum atomic E-state index is 0.553. The number of hydrogen-bond donors (Lipinski definition) is 0. The molecule has 2 rings (SSSR count). The second-order valence-electron chi connectivity index (χ2n) is 5.58. The molecule has 4 heteroatoms. The molecule has 0 spiro atoms. The van der Waals surface area contributed by atoms with Gasteiger partial charge in [-0.15, -0.1) is 0 Å². The van der Waals surface area contributed by atoms with Gasteiger partial charge < -0.3 is 4.90 Å². The minimum absolute atomic E-state index is 0.553. The van der Waals surface area contributed by atoms with E-state index in [1.54, 1.807) is 0 Å². The fourth-order valence-corrected chi connectivity index (χ4v) is 3.13. The highest BCUT2D eigenvalue weighted by Gasteiger charge is 2.20. The fraction of sp³-hybridized carbons (Fsp3) is 0.733. The van der Waals surface area contributed by atoms with Crippen LogP contribution in [0.2, 0.25) is 5.15 Å². The van der Waals surface area contributed by atoms with E-state index >= 15 is 0 Å². The fourth-order valence-electron chi connectivity index (χ4n) is 2.84. The van der Waals surface area contributed by atoms with Gasteiger partial charge in [0, 0.05) is 13.1 Å². The van der Waals surface area contributed by atoms with Crippen molar-refractivity contribution < 1.29 is 0 Å². The molecule has 0 bridgehead atoms. The molecule has 1 aliphatic rings. The third-order valence-electron chi connectivity index (χ3n) is 4.09. The Morgan fingerprint density at radius 2 is 1.89 bits per heavy atom. The normalized spacial score (nSPS) is 20.4. The van der Waals surface area contributed by atoms with E-state index < -0.39 is 0 Å². The molecule has 0 saturated carbocycles. The molecule has 0 amide bonds. The van der Waals surface area contributed by atoms with Crippen LogP contribution in [0.15, 0.2) is 0 Å². The van der Waals surface area contributed by atoms with Crippen LogP contribution in [-0.4, -0.2) is 23.1 Å². The van der Waals surface area contributed by atoms with Crippen molar-refractivity contribution in [1.82, 2.24) is 9.97 Å². The predicted molar refractivity (Wildman–Crippen MR) is 81.0 cm³/mol. The van der Waals surface area contributed by atoms with Crippen LogP contribution in [0.5, 0.6) is 0 Å². The Morgan fingerprint density at radius 1 is 1.16 bits per heavy atom. The van der Waals surface area contributed by atoms with Gasteiger partial charge >= 0.3 is 0 Å². The van der Waals surface area contributed by atoms with Crippen molar-refractivity contribution in [1.29, 1.82) is 0 Å². The Balaban J connectivity index is 2.12. The largest absolute Gasteiger partial charge is 0.354 e. The second-order valence-corrected chi connectivity index (χ2v) is 5.94. The highest BCUT2D eigenvalue weighted by Crippen LogP contribution is 2.28. The molecule has 0 radical (unpaired) electrons. The van der Waals surface area contributed by atoms with Gasteiger partial charge in [-0.05, 0) is 39.0 Å². The van der Waals surface area contributed by atoms with E-state index in [4.69, 9.17) is 11.6 Å². The predicted octanol–water partition coefficient (Wildman–Crippen LogP) is 4.15. The lowest BCUT2D eigenvalue weighted by Gasteiger charge is -2.23. The van der Waals surface area contributed by atoms with Crippen LogP contribution in [0.3, 0.4) is 0 Å². The molecule has 106 valence electrons. The van der Waals surface area contributed by atoms with Crippen molar-refractivity contribution in [3.05, 3.63) is 16.5 Å². The van der Waals surface area contributed by atoms with E-state index in [1.165, 1.54) is 32.1 Å². The quantitative estimate of drug-likeness (QED) is 0.833. The topological polar surface area (TPSA) is 29.0 Å². The molecule has 0 aromatic carbocycles. The summed E-state index contributed by atoms with van der Waals surface area (Å²) >= 11 is 6.27. The summed E-state index contributed by atoms with van der Waals surface area (Å²) in [5.74, 6) is 1.75. The van der Waals surface area contributed by atoms with Crippen LogP contribution in [0, 0.1) is 19.8 Å². The van der Waals surface area contributed by atoms with E-state index in [9.17, 15) is 0 Å². The molecule has 19 heavy (non-hydrogen) atoms. The zero-order valence-corrected chi connectivity index (χ0v) is 13.0. The van der Waals surface area contributed by atoms with Gasteiger partial charge in [-0.1, -0.05) is 31.4 Å². The molecular weight excluding hydrogens is 258 g/mol. The first kappa shape index (κ1) is 14.6. The number of halogens is 1. The van der Waals surface area contributed by atoms with Gasteiger partial charge in [0.05, 0.1) is 11.4 Å². The monoisotopic (exact) mass is 281 g/mol. The lowest BCUT2D eigenvalue weighted by atomic mass is 9.96. The van der Waals surface area contributed by atoms with Crippen molar-refractivity contribution in [2.75, 3.05) is 18.0 Å². The van der Waals surface area contributed by atoms with E-state index in [0.717, 1.165) is 36.2 Å². The molecule has 1 saturated heterocycles. The van der Waals surface area contributed by atoms with E-state index in [1.807, 2.05) is 13.8 Å². The number of nitrogens with zero attached hydrogens (tertiary/aromatic N) is 3. The average Bonchev–Trinajstić information content (AvgIpc) is 2.60. The van der Waals surface area contributed by atoms with Gasteiger partial charge in [-0.25, -0.2) is 9.97 Å². The SMILES string of the molecule is CCCC1CCCN(c2nc(C)c(C)nc2Cl)CC1. The summed E-state index contributed by atoms with van der Waals surface area (Å²) in [5, 5.41) is 0.553. The van der Waals surface area contributed by atoms with Gasteiger partial charge in [-0.2, -0.15) is 0 Å². The minimum Gasteiger partial charge on any atom is -0.354 e. The van der Waals surface area contributed by atoms with Crippen molar-refractivity contribution in [2.45, 2.75) is 52.9 Å². The summed E-state index contributed by atoms with van der Waals surface area (Å²) < 4.78 is 0. The van der Waals surface area contributed by atoms with Gasteiger partial charge in [0.15, 0.2) is 11.0 Å². The molecule has 0 N–H and O–H groups in total. The number of aromatic nitrogens is 2. The van der Waals surface area contributed by atoms with Gasteiger partial charge in [0.25, 0.3) is 0 Å². The first-order valence-electron chi connectivity index (χ1n) is 7.37. The number of aryl methyl sites for hydroxylation is 2. The van der Waals surface area contributed by atoms with E-state index in [2.05, 4.69) is 21.8 Å². The molecular formula is C15H24ClN3. The van der Waals surface area contributed by atoms with Crippen LogP contribution in [-0.2, 0) is 0 Å². The van der Waals surface area contributed by atoms with Gasteiger partial charge in [0.2, 0.25) is 0 Å². The van der Waals surface area contributed by atoms with Crippen molar-refractivity contribution in [2.24, 2.45) is 5.92 Å². The van der Waals surface area contributed by atoms with E-state index in [-0.39, 0.29) is 0 Å². The summed E-state index contributed by atoms with van der Waals surface area (Å²) in [7, 11) is 0. The maximum atomic E-state index is 6.27. The number of anilines is 1. The third-order valence-corrected chi connectivity index (χ3v) is 4.35. The van der Waals surface area contributed by atoms with Crippen molar-refractivity contribution in [3.63, 3.8) is 0 Å². The first-order chi connectivity index (χ1) is 9.11. The molecule has 1 unspecified atom stereocenters. The lowest BCUT2D eigenvalue weighted by Crippen LogP contribution is -2.26. The highest BCUT2D eigenvalue weighted by atomic mass is 35.5. The maximum absolute atomic E-state index is 6.27. The molecule has 1 aromatic rings. The molecule has 1 aromatic heterocycles. The Bertz CT molecular complexity index is 434. The summed E-state index contributed by atoms with van der Waals surface area (Å²) in [4.78, 5) is 11.4. The number of hydrogen-bond acceptors (Lipinski definition) is 3.